The molecule has 12 heteroatoms. The fraction of sp³-hybridized carbons (Fsp3) is 0.672. The minimum absolute atomic E-state index is 0.112. The molecule has 12 nitrogen and oxygen atoms in total. The van der Waals surface area contributed by atoms with Gasteiger partial charge >= 0.3 is 0 Å². The number of pyridine rings is 2. The van der Waals surface area contributed by atoms with Crippen LogP contribution in [0.5, 0.6) is 0 Å². The standard InChI is InChI=1S/C67H99N7O5/c75-67(63-33-48-71(49-34-63)39-24-56-16-6-2-7-17-56,77-54-60-25-40-70(41-26-60)38-13-11-18-55-14-4-1-5-15-55)79-66(62-31-44-73(45-32-62)50-57-19-8-3-9-20-57)78-65(61-29-46-74(47-30-61)52-64-21-10-12-35-69-64)76-53-59-27-42-72(43-28-59)51-58-22-36-68-37-23-58/h1-2,4-7,10,12,14-17,21-23,35-37,57,59-63,65-66,75H,3,8-9,11,13,18-20,24-34,38-54H2. The fourth-order valence-corrected chi connectivity index (χ4v) is 14.0. The van der Waals surface area contributed by atoms with Gasteiger partial charge in [-0.3, -0.25) is 24.5 Å². The molecule has 79 heavy (non-hydrogen) atoms. The quantitative estimate of drug-likeness (QED) is 0.0455. The Hall–Kier alpha value is -3.66. The van der Waals surface area contributed by atoms with Crippen molar-refractivity contribution in [3.05, 3.63) is 132 Å². The Kier molecular flexibility index (Phi) is 23.1. The average Bonchev–Trinajstić information content (AvgIpc) is 3.51. The molecule has 0 radical (unpaired) electrons. The van der Waals surface area contributed by atoms with Gasteiger partial charge in [0.05, 0.1) is 18.9 Å². The molecular formula is C67H99N7O5. The third-order valence-electron chi connectivity index (χ3n) is 19.2. The second kappa shape index (κ2) is 31.1. The third kappa shape index (κ3) is 18.7. The molecule has 5 aliphatic heterocycles. The van der Waals surface area contributed by atoms with E-state index in [0.717, 1.165) is 180 Å². The number of rotatable bonds is 27. The molecule has 3 unspecified atom stereocenters. The molecule has 0 bridgehead atoms. The minimum Gasteiger partial charge on any atom is -0.352 e. The first-order chi connectivity index (χ1) is 38.9. The molecule has 3 atom stereocenters. The largest absolute Gasteiger partial charge is 0.352 e. The summed E-state index contributed by atoms with van der Waals surface area (Å²) in [6.07, 6.45) is 25.9. The van der Waals surface area contributed by atoms with Crippen LogP contribution in [0.25, 0.3) is 0 Å². The highest BCUT2D eigenvalue weighted by Gasteiger charge is 2.47. The molecule has 10 rings (SSSR count). The van der Waals surface area contributed by atoms with E-state index in [1.807, 2.05) is 24.7 Å². The van der Waals surface area contributed by atoms with Crippen LogP contribution in [0.4, 0.5) is 0 Å². The van der Waals surface area contributed by atoms with E-state index in [1.165, 1.54) is 68.2 Å². The van der Waals surface area contributed by atoms with E-state index in [-0.39, 0.29) is 17.8 Å². The summed E-state index contributed by atoms with van der Waals surface area (Å²) in [6.45, 7) is 16.4. The predicted octanol–water partition coefficient (Wildman–Crippen LogP) is 10.9. The number of benzene rings is 2. The Labute approximate surface area is 475 Å². The highest BCUT2D eigenvalue weighted by atomic mass is 16.9. The molecule has 6 fully saturated rings. The highest BCUT2D eigenvalue weighted by Crippen LogP contribution is 2.39. The maximum Gasteiger partial charge on any atom is 0.285 e. The van der Waals surface area contributed by atoms with Gasteiger partial charge in [-0.15, -0.1) is 0 Å². The first-order valence-corrected chi connectivity index (χ1v) is 31.7. The van der Waals surface area contributed by atoms with Crippen LogP contribution in [0.3, 0.4) is 0 Å². The van der Waals surface area contributed by atoms with Gasteiger partial charge in [0.1, 0.15) is 0 Å². The molecule has 1 aliphatic carbocycles. The number of hydrogen-bond donors (Lipinski definition) is 1. The van der Waals surface area contributed by atoms with Crippen molar-refractivity contribution >= 4 is 0 Å². The van der Waals surface area contributed by atoms with Gasteiger partial charge in [-0.25, -0.2) is 0 Å². The van der Waals surface area contributed by atoms with E-state index in [2.05, 4.69) is 119 Å². The SMILES string of the molecule is OC(OCC1CCN(CCCCc2ccccc2)CC1)(OC(OC(OCC1CCN(Cc2ccncc2)CC1)C1CCN(Cc2ccccn2)CC1)C1CCN(CC2CCCCC2)CC1)C1CCN(CCc2ccccc2)CC1. The summed E-state index contributed by atoms with van der Waals surface area (Å²) in [5.41, 5.74) is 5.24. The van der Waals surface area contributed by atoms with Crippen molar-refractivity contribution in [3.63, 3.8) is 0 Å². The number of nitrogens with zero attached hydrogens (tertiary/aromatic N) is 7. The van der Waals surface area contributed by atoms with E-state index in [1.54, 1.807) is 0 Å². The van der Waals surface area contributed by atoms with Crippen LogP contribution in [-0.4, -0.2) is 156 Å². The number of hydrogen-bond acceptors (Lipinski definition) is 12. The monoisotopic (exact) mass is 1080 g/mol. The fourth-order valence-electron chi connectivity index (χ4n) is 14.0. The normalized spacial score (nSPS) is 22.9. The molecule has 1 N–H and O–H groups in total. The molecule has 2 aromatic heterocycles. The lowest BCUT2D eigenvalue weighted by molar-refractivity contribution is -0.448. The van der Waals surface area contributed by atoms with Gasteiger partial charge < -0.3 is 34.0 Å². The van der Waals surface area contributed by atoms with Crippen molar-refractivity contribution in [1.82, 2.24) is 34.5 Å². The average molecular weight is 1080 g/mol. The van der Waals surface area contributed by atoms with Gasteiger partial charge in [0, 0.05) is 62.5 Å². The molecule has 0 spiro atoms. The molecular weight excluding hydrogens is 983 g/mol. The van der Waals surface area contributed by atoms with Crippen LogP contribution < -0.4 is 0 Å². The highest BCUT2D eigenvalue weighted by molar-refractivity contribution is 5.16. The van der Waals surface area contributed by atoms with Gasteiger partial charge in [-0.05, 0) is 233 Å². The van der Waals surface area contributed by atoms with Crippen molar-refractivity contribution in [1.29, 1.82) is 0 Å². The minimum atomic E-state index is -1.78. The molecule has 2 aromatic carbocycles. The van der Waals surface area contributed by atoms with Gasteiger partial charge in [0.25, 0.3) is 5.97 Å². The van der Waals surface area contributed by atoms with E-state index < -0.39 is 18.6 Å². The zero-order chi connectivity index (χ0) is 53.7. The van der Waals surface area contributed by atoms with Gasteiger partial charge in [0.2, 0.25) is 0 Å². The molecule has 0 amide bonds. The summed E-state index contributed by atoms with van der Waals surface area (Å²) in [5, 5.41) is 13.5. The smallest absolute Gasteiger partial charge is 0.285 e. The molecule has 432 valence electrons. The second-order valence-corrected chi connectivity index (χ2v) is 25.0. The third-order valence-corrected chi connectivity index (χ3v) is 19.2. The van der Waals surface area contributed by atoms with Crippen LogP contribution in [0.2, 0.25) is 0 Å². The van der Waals surface area contributed by atoms with E-state index in [4.69, 9.17) is 18.9 Å². The van der Waals surface area contributed by atoms with Crippen molar-refractivity contribution in [3.8, 4) is 0 Å². The molecule has 5 saturated heterocycles. The van der Waals surface area contributed by atoms with Crippen LogP contribution in [0.15, 0.2) is 110 Å². The summed E-state index contributed by atoms with van der Waals surface area (Å²) < 4.78 is 29.3. The first-order valence-electron chi connectivity index (χ1n) is 31.7. The summed E-state index contributed by atoms with van der Waals surface area (Å²) in [7, 11) is 0. The molecule has 4 aromatic rings. The number of aromatic nitrogens is 2. The van der Waals surface area contributed by atoms with Crippen LogP contribution in [0, 0.1) is 35.5 Å². The summed E-state index contributed by atoms with van der Waals surface area (Å²) in [4.78, 5) is 22.0. The summed E-state index contributed by atoms with van der Waals surface area (Å²) >= 11 is 0. The van der Waals surface area contributed by atoms with Crippen molar-refractivity contribution < 1.29 is 24.1 Å². The molecule has 7 heterocycles. The topological polar surface area (TPSA) is 99.1 Å². The molecule has 6 aliphatic rings. The summed E-state index contributed by atoms with van der Waals surface area (Å²) in [6, 6.07) is 32.3. The van der Waals surface area contributed by atoms with E-state index in [9.17, 15) is 5.11 Å². The first kappa shape index (κ1) is 58.5. The van der Waals surface area contributed by atoms with Gasteiger partial charge in [-0.2, -0.15) is 0 Å². The Balaban J connectivity index is 0.841. The van der Waals surface area contributed by atoms with Gasteiger partial charge in [-0.1, -0.05) is 86.0 Å². The number of unbranched alkanes of at least 4 members (excludes halogenated alkanes) is 1. The van der Waals surface area contributed by atoms with E-state index in [0.29, 0.717) is 25.0 Å². The van der Waals surface area contributed by atoms with Crippen LogP contribution in [0.1, 0.15) is 132 Å². The maximum atomic E-state index is 13.5. The number of likely N-dealkylation sites (tertiary alicyclic amines) is 5. The summed E-state index contributed by atoms with van der Waals surface area (Å²) in [5.74, 6) is -0.000180. The lowest BCUT2D eigenvalue weighted by Crippen LogP contribution is -2.54. The van der Waals surface area contributed by atoms with Gasteiger partial charge in [0.15, 0.2) is 12.6 Å². The predicted molar refractivity (Wildman–Crippen MR) is 315 cm³/mol. The lowest BCUT2D eigenvalue weighted by atomic mass is 9.87. The molecule has 1 saturated carbocycles. The Bertz CT molecular complexity index is 2240. The zero-order valence-corrected chi connectivity index (χ0v) is 48.2. The number of aliphatic hydroxyl groups is 1. The van der Waals surface area contributed by atoms with Crippen LogP contribution in [-0.2, 0) is 44.9 Å². The number of aryl methyl sites for hydroxylation is 1. The second-order valence-electron chi connectivity index (χ2n) is 25.0. The Morgan fingerprint density at radius 2 is 1.05 bits per heavy atom. The zero-order valence-electron chi connectivity index (χ0n) is 48.2. The lowest BCUT2D eigenvalue weighted by Gasteiger charge is -2.46. The number of piperidine rings is 5. The van der Waals surface area contributed by atoms with Crippen LogP contribution >= 0.6 is 0 Å². The Morgan fingerprint density at radius 3 is 1.72 bits per heavy atom. The van der Waals surface area contributed by atoms with E-state index >= 15 is 0 Å². The Morgan fingerprint density at radius 1 is 0.481 bits per heavy atom. The van der Waals surface area contributed by atoms with Crippen molar-refractivity contribution in [2.45, 2.75) is 154 Å². The number of ether oxygens (including phenoxy) is 4. The van der Waals surface area contributed by atoms with Crippen molar-refractivity contribution in [2.24, 2.45) is 35.5 Å². The maximum absolute atomic E-state index is 13.5. The van der Waals surface area contributed by atoms with Crippen molar-refractivity contribution in [2.75, 3.05) is 98.3 Å².